The molecule has 0 atom stereocenters. The molecule has 1 fully saturated rings. The first-order chi connectivity index (χ1) is 13.3. The maximum Gasteiger partial charge on any atom is 0.293 e. The molecule has 0 unspecified atom stereocenters. The summed E-state index contributed by atoms with van der Waals surface area (Å²) in [5, 5.41) is 24.6. The van der Waals surface area contributed by atoms with E-state index in [1.807, 2.05) is 0 Å². The van der Waals surface area contributed by atoms with Crippen LogP contribution in [-0.2, 0) is 10.0 Å². The first kappa shape index (κ1) is 20.1. The lowest BCUT2D eigenvalue weighted by Gasteiger charge is -2.36. The number of hydrogen-bond acceptors (Lipinski definition) is 6. The molecule has 9 heteroatoms. The number of rotatable bonds is 8. The summed E-state index contributed by atoms with van der Waals surface area (Å²) in [7, 11) is -3.96. The number of nitro benzene ring substituents is 1. The van der Waals surface area contributed by atoms with Crippen molar-refractivity contribution in [3.8, 4) is 0 Å². The van der Waals surface area contributed by atoms with E-state index >= 15 is 0 Å². The van der Waals surface area contributed by atoms with Gasteiger partial charge < -0.3 is 10.4 Å². The predicted octanol–water partition coefficient (Wildman–Crippen LogP) is 3.14. The van der Waals surface area contributed by atoms with Crippen LogP contribution >= 0.6 is 0 Å². The molecule has 0 spiro atoms. The third-order valence-electron chi connectivity index (χ3n) is 4.98. The zero-order valence-corrected chi connectivity index (χ0v) is 16.4. The third-order valence-corrected chi connectivity index (χ3v) is 6.88. The number of nitrogens with one attached hydrogen (secondary N) is 1. The lowest BCUT2D eigenvalue weighted by atomic mass is 9.80. The molecule has 1 saturated carbocycles. The molecular weight excluding hydrogens is 382 g/mol. The van der Waals surface area contributed by atoms with E-state index in [9.17, 15) is 23.6 Å². The molecule has 3 rings (SSSR count). The second-order valence-electron chi connectivity index (χ2n) is 6.87. The Morgan fingerprint density at radius 2 is 1.89 bits per heavy atom. The van der Waals surface area contributed by atoms with Crippen LogP contribution < -0.4 is 9.62 Å². The Balaban J connectivity index is 1.92. The zero-order valence-electron chi connectivity index (χ0n) is 15.5. The predicted molar refractivity (Wildman–Crippen MR) is 107 cm³/mol. The highest BCUT2D eigenvalue weighted by atomic mass is 32.2. The van der Waals surface area contributed by atoms with Crippen molar-refractivity contribution in [2.24, 2.45) is 0 Å². The normalized spacial score (nSPS) is 15.5. The Labute approximate surface area is 164 Å². The van der Waals surface area contributed by atoms with Gasteiger partial charge in [-0.05, 0) is 50.5 Å². The van der Waals surface area contributed by atoms with Crippen LogP contribution in [0.25, 0.3) is 0 Å². The molecule has 2 N–H and O–H groups in total. The standard InChI is InChI=1S/C19H23N3O5S/c1-2-21(15-7-4-3-5-8-15)28(26,27)16-9-10-17(18(13-16)22(24)25)20-14-19(23)11-6-12-19/h3-5,7-10,13,20,23H,2,6,11-12,14H2,1H3. The van der Waals surface area contributed by atoms with E-state index < -0.39 is 20.5 Å². The average molecular weight is 405 g/mol. The lowest BCUT2D eigenvalue weighted by molar-refractivity contribution is -0.384. The van der Waals surface area contributed by atoms with Crippen LogP contribution in [0, 0.1) is 10.1 Å². The van der Waals surface area contributed by atoms with Crippen molar-refractivity contribution >= 4 is 27.1 Å². The molecule has 0 heterocycles. The van der Waals surface area contributed by atoms with E-state index in [0.29, 0.717) is 18.5 Å². The lowest BCUT2D eigenvalue weighted by Crippen LogP contribution is -2.43. The minimum absolute atomic E-state index is 0.155. The summed E-state index contributed by atoms with van der Waals surface area (Å²) in [4.78, 5) is 10.7. The molecule has 0 aromatic heterocycles. The van der Waals surface area contributed by atoms with Gasteiger partial charge in [0.15, 0.2) is 0 Å². The van der Waals surface area contributed by atoms with Crippen LogP contribution in [0.5, 0.6) is 0 Å². The van der Waals surface area contributed by atoms with Gasteiger partial charge in [-0.15, -0.1) is 0 Å². The van der Waals surface area contributed by atoms with Crippen LogP contribution in [0.1, 0.15) is 26.2 Å². The fraction of sp³-hybridized carbons (Fsp3) is 0.368. The van der Waals surface area contributed by atoms with Crippen LogP contribution in [0.3, 0.4) is 0 Å². The van der Waals surface area contributed by atoms with Crippen molar-refractivity contribution in [1.29, 1.82) is 0 Å². The number of para-hydroxylation sites is 1. The van der Waals surface area contributed by atoms with Gasteiger partial charge >= 0.3 is 0 Å². The van der Waals surface area contributed by atoms with E-state index in [4.69, 9.17) is 0 Å². The van der Waals surface area contributed by atoms with Crippen LogP contribution in [-0.4, -0.2) is 37.1 Å². The molecule has 150 valence electrons. The third kappa shape index (κ3) is 3.95. The Morgan fingerprint density at radius 3 is 2.43 bits per heavy atom. The van der Waals surface area contributed by atoms with Crippen molar-refractivity contribution < 1.29 is 18.4 Å². The van der Waals surface area contributed by atoms with Gasteiger partial charge in [-0.1, -0.05) is 18.2 Å². The van der Waals surface area contributed by atoms with Gasteiger partial charge in [0.2, 0.25) is 0 Å². The van der Waals surface area contributed by atoms with E-state index in [2.05, 4.69) is 5.32 Å². The van der Waals surface area contributed by atoms with E-state index in [0.717, 1.165) is 12.5 Å². The second kappa shape index (κ2) is 7.76. The van der Waals surface area contributed by atoms with Gasteiger partial charge in [0.1, 0.15) is 5.69 Å². The molecule has 1 aliphatic rings. The Hall–Kier alpha value is -2.65. The maximum absolute atomic E-state index is 13.1. The van der Waals surface area contributed by atoms with Crippen LogP contribution in [0.2, 0.25) is 0 Å². The Morgan fingerprint density at radius 1 is 1.21 bits per heavy atom. The molecule has 28 heavy (non-hydrogen) atoms. The van der Waals surface area contributed by atoms with Gasteiger partial charge in [0, 0.05) is 19.2 Å². The van der Waals surface area contributed by atoms with Crippen molar-refractivity contribution in [2.75, 3.05) is 22.7 Å². The molecule has 2 aromatic rings. The topological polar surface area (TPSA) is 113 Å². The molecule has 0 bridgehead atoms. The molecule has 0 amide bonds. The highest BCUT2D eigenvalue weighted by Gasteiger charge is 2.35. The van der Waals surface area contributed by atoms with Crippen molar-refractivity contribution in [2.45, 2.75) is 36.7 Å². The van der Waals surface area contributed by atoms with Crippen molar-refractivity contribution in [3.63, 3.8) is 0 Å². The monoisotopic (exact) mass is 405 g/mol. The zero-order chi connectivity index (χ0) is 20.4. The summed E-state index contributed by atoms with van der Waals surface area (Å²) in [6.45, 7) is 2.08. The van der Waals surface area contributed by atoms with Crippen molar-refractivity contribution in [1.82, 2.24) is 0 Å². The number of nitrogens with zero attached hydrogens (tertiary/aromatic N) is 2. The summed E-state index contributed by atoms with van der Waals surface area (Å²) < 4.78 is 27.3. The number of benzene rings is 2. The Bertz CT molecular complexity index is 959. The molecule has 8 nitrogen and oxygen atoms in total. The maximum atomic E-state index is 13.1. The minimum atomic E-state index is -3.96. The molecule has 0 saturated heterocycles. The van der Waals surface area contributed by atoms with E-state index in [1.54, 1.807) is 37.3 Å². The quantitative estimate of drug-likeness (QED) is 0.515. The number of anilines is 2. The smallest absolute Gasteiger partial charge is 0.293 e. The fourth-order valence-corrected chi connectivity index (χ4v) is 4.70. The van der Waals surface area contributed by atoms with E-state index in [-0.39, 0.29) is 29.4 Å². The summed E-state index contributed by atoms with van der Waals surface area (Å²) in [5.41, 5.74) is -0.521. The largest absolute Gasteiger partial charge is 0.388 e. The van der Waals surface area contributed by atoms with Gasteiger partial charge in [0.25, 0.3) is 15.7 Å². The second-order valence-corrected chi connectivity index (χ2v) is 8.74. The Kier molecular flexibility index (Phi) is 5.57. The van der Waals surface area contributed by atoms with Crippen LogP contribution in [0.15, 0.2) is 53.4 Å². The number of aliphatic hydroxyl groups is 1. The van der Waals surface area contributed by atoms with Gasteiger partial charge in [-0.25, -0.2) is 8.42 Å². The summed E-state index contributed by atoms with van der Waals surface area (Å²) in [6.07, 6.45) is 2.20. The summed E-state index contributed by atoms with van der Waals surface area (Å²) >= 11 is 0. The van der Waals surface area contributed by atoms with E-state index in [1.165, 1.54) is 16.4 Å². The highest BCUT2D eigenvalue weighted by Crippen LogP contribution is 2.34. The van der Waals surface area contributed by atoms with Crippen LogP contribution in [0.4, 0.5) is 17.1 Å². The SMILES string of the molecule is CCN(c1ccccc1)S(=O)(=O)c1ccc(NCC2(O)CCC2)c([N+](=O)[O-])c1. The highest BCUT2D eigenvalue weighted by molar-refractivity contribution is 7.92. The molecular formula is C19H23N3O5S. The first-order valence-corrected chi connectivity index (χ1v) is 10.5. The van der Waals surface area contributed by atoms with Gasteiger partial charge in [-0.3, -0.25) is 14.4 Å². The van der Waals surface area contributed by atoms with Crippen molar-refractivity contribution in [3.05, 3.63) is 58.6 Å². The number of hydrogen-bond donors (Lipinski definition) is 2. The first-order valence-electron chi connectivity index (χ1n) is 9.09. The molecule has 0 aliphatic heterocycles. The number of sulfonamides is 1. The van der Waals surface area contributed by atoms with Gasteiger partial charge in [0.05, 0.1) is 21.1 Å². The fourth-order valence-electron chi connectivity index (χ4n) is 3.21. The number of nitro groups is 1. The molecule has 0 radical (unpaired) electrons. The summed E-state index contributed by atoms with van der Waals surface area (Å²) in [6, 6.07) is 12.4. The van der Waals surface area contributed by atoms with Gasteiger partial charge in [-0.2, -0.15) is 0 Å². The average Bonchev–Trinajstić information content (AvgIpc) is 2.65. The minimum Gasteiger partial charge on any atom is -0.388 e. The molecule has 1 aliphatic carbocycles. The molecule has 2 aromatic carbocycles. The summed E-state index contributed by atoms with van der Waals surface area (Å²) in [5.74, 6) is 0.